The van der Waals surface area contributed by atoms with Crippen molar-refractivity contribution in [2.75, 3.05) is 0 Å². The van der Waals surface area contributed by atoms with Crippen LogP contribution in [-0.4, -0.2) is 9.55 Å². The van der Waals surface area contributed by atoms with Gasteiger partial charge in [0.1, 0.15) is 11.6 Å². The fourth-order valence-corrected chi connectivity index (χ4v) is 2.78. The molecule has 0 spiro atoms. The lowest BCUT2D eigenvalue weighted by Gasteiger charge is -2.13. The summed E-state index contributed by atoms with van der Waals surface area (Å²) in [5.74, 6) is 0.233. The van der Waals surface area contributed by atoms with Gasteiger partial charge in [0, 0.05) is 6.07 Å². The van der Waals surface area contributed by atoms with Gasteiger partial charge in [-0.3, -0.25) is 4.57 Å². The second-order valence-corrected chi connectivity index (χ2v) is 6.07. The standard InChI is InChI=1S/C15H10Cl3FN2/c1-8(16)15-20-11-6-5-9(19)7-13(11)21(15)12-4-2-3-10(17)14(12)18/h2-8H,1H3. The lowest BCUT2D eigenvalue weighted by atomic mass is 10.2. The number of hydrogen-bond acceptors (Lipinski definition) is 1. The molecule has 0 bridgehead atoms. The molecule has 0 radical (unpaired) electrons. The van der Waals surface area contributed by atoms with Gasteiger partial charge in [0.05, 0.1) is 32.1 Å². The highest BCUT2D eigenvalue weighted by molar-refractivity contribution is 6.43. The summed E-state index contributed by atoms with van der Waals surface area (Å²) in [5.41, 5.74) is 1.87. The van der Waals surface area contributed by atoms with E-state index in [1.54, 1.807) is 35.8 Å². The van der Waals surface area contributed by atoms with Crippen LogP contribution in [0.2, 0.25) is 10.0 Å². The molecule has 3 rings (SSSR count). The molecule has 2 nitrogen and oxygen atoms in total. The van der Waals surface area contributed by atoms with Gasteiger partial charge in [-0.2, -0.15) is 0 Å². The normalized spacial score (nSPS) is 12.8. The van der Waals surface area contributed by atoms with Crippen molar-refractivity contribution >= 4 is 45.8 Å². The highest BCUT2D eigenvalue weighted by Crippen LogP contribution is 2.34. The predicted molar refractivity (Wildman–Crippen MR) is 85.3 cm³/mol. The maximum absolute atomic E-state index is 13.6. The van der Waals surface area contributed by atoms with Crippen molar-refractivity contribution in [3.05, 3.63) is 58.1 Å². The Kier molecular flexibility index (Phi) is 3.82. The molecule has 6 heteroatoms. The number of nitrogens with zero attached hydrogens (tertiary/aromatic N) is 2. The predicted octanol–water partition coefficient (Wildman–Crippen LogP) is 5.77. The van der Waals surface area contributed by atoms with Crippen LogP contribution in [0.4, 0.5) is 4.39 Å². The van der Waals surface area contributed by atoms with Crippen molar-refractivity contribution in [3.8, 4) is 5.69 Å². The van der Waals surface area contributed by atoms with E-state index >= 15 is 0 Å². The molecule has 2 aromatic carbocycles. The van der Waals surface area contributed by atoms with Crippen molar-refractivity contribution in [2.45, 2.75) is 12.3 Å². The molecule has 1 unspecified atom stereocenters. The van der Waals surface area contributed by atoms with Gasteiger partial charge >= 0.3 is 0 Å². The molecule has 0 N–H and O–H groups in total. The summed E-state index contributed by atoms with van der Waals surface area (Å²) in [6, 6.07) is 9.64. The minimum absolute atomic E-state index is 0.351. The van der Waals surface area contributed by atoms with Crippen molar-refractivity contribution in [1.82, 2.24) is 9.55 Å². The maximum atomic E-state index is 13.6. The summed E-state index contributed by atoms with van der Waals surface area (Å²) < 4.78 is 15.3. The SMILES string of the molecule is CC(Cl)c1nc2ccc(F)cc2n1-c1cccc(Cl)c1Cl. The molecule has 0 amide bonds. The fraction of sp³-hybridized carbons (Fsp3) is 0.133. The lowest BCUT2D eigenvalue weighted by molar-refractivity contribution is 0.629. The second-order valence-electron chi connectivity index (χ2n) is 4.63. The van der Waals surface area contributed by atoms with Crippen molar-refractivity contribution < 1.29 is 4.39 Å². The third-order valence-corrected chi connectivity index (χ3v) is 4.17. The van der Waals surface area contributed by atoms with E-state index in [-0.39, 0.29) is 11.2 Å². The molecule has 1 heterocycles. The molecular weight excluding hydrogens is 334 g/mol. The van der Waals surface area contributed by atoms with E-state index in [0.29, 0.717) is 32.6 Å². The molecule has 1 atom stereocenters. The first-order chi connectivity index (χ1) is 9.99. The van der Waals surface area contributed by atoms with E-state index in [2.05, 4.69) is 4.98 Å². The first-order valence-corrected chi connectivity index (χ1v) is 7.44. The number of imidazole rings is 1. The minimum atomic E-state index is -0.365. The molecule has 0 saturated heterocycles. The van der Waals surface area contributed by atoms with Crippen LogP contribution in [0, 0.1) is 5.82 Å². The van der Waals surface area contributed by atoms with E-state index < -0.39 is 0 Å². The Morgan fingerprint density at radius 3 is 2.67 bits per heavy atom. The van der Waals surface area contributed by atoms with Crippen molar-refractivity contribution in [1.29, 1.82) is 0 Å². The fourth-order valence-electron chi connectivity index (χ4n) is 2.25. The zero-order valence-electron chi connectivity index (χ0n) is 10.9. The Morgan fingerprint density at radius 2 is 1.95 bits per heavy atom. The Bertz CT molecular complexity index is 827. The van der Waals surface area contributed by atoms with Gasteiger partial charge in [0.15, 0.2) is 0 Å². The Morgan fingerprint density at radius 1 is 1.19 bits per heavy atom. The smallest absolute Gasteiger partial charge is 0.132 e. The van der Waals surface area contributed by atoms with E-state index in [9.17, 15) is 4.39 Å². The quantitative estimate of drug-likeness (QED) is 0.540. The first-order valence-electron chi connectivity index (χ1n) is 6.25. The van der Waals surface area contributed by atoms with Gasteiger partial charge in [0.25, 0.3) is 0 Å². The van der Waals surface area contributed by atoms with E-state index in [1.165, 1.54) is 12.1 Å². The van der Waals surface area contributed by atoms with Crippen LogP contribution in [0.25, 0.3) is 16.7 Å². The first kappa shape index (κ1) is 14.6. The Labute approximate surface area is 136 Å². The molecule has 21 heavy (non-hydrogen) atoms. The summed E-state index contributed by atoms with van der Waals surface area (Å²) in [6.45, 7) is 1.80. The number of halogens is 4. The average Bonchev–Trinajstić information content (AvgIpc) is 2.80. The van der Waals surface area contributed by atoms with Gasteiger partial charge in [-0.1, -0.05) is 29.3 Å². The van der Waals surface area contributed by atoms with Crippen LogP contribution < -0.4 is 0 Å². The molecule has 0 aliphatic rings. The maximum Gasteiger partial charge on any atom is 0.132 e. The van der Waals surface area contributed by atoms with Crippen LogP contribution in [0.3, 0.4) is 0 Å². The average molecular weight is 344 g/mol. The van der Waals surface area contributed by atoms with Crippen LogP contribution in [-0.2, 0) is 0 Å². The topological polar surface area (TPSA) is 17.8 Å². The molecule has 0 fully saturated rings. The van der Waals surface area contributed by atoms with Crippen molar-refractivity contribution in [3.63, 3.8) is 0 Å². The lowest BCUT2D eigenvalue weighted by Crippen LogP contribution is -2.03. The number of fused-ring (bicyclic) bond motifs is 1. The van der Waals surface area contributed by atoms with Gasteiger partial charge in [0.2, 0.25) is 0 Å². The molecule has 108 valence electrons. The third kappa shape index (κ3) is 2.50. The molecular formula is C15H10Cl3FN2. The summed E-state index contributed by atoms with van der Waals surface area (Å²) >= 11 is 18.6. The number of benzene rings is 2. The minimum Gasteiger partial charge on any atom is -0.293 e. The molecule has 1 aromatic heterocycles. The Hall–Kier alpha value is -1.29. The van der Waals surface area contributed by atoms with Gasteiger partial charge < -0.3 is 0 Å². The van der Waals surface area contributed by atoms with Crippen LogP contribution in [0.1, 0.15) is 18.1 Å². The highest BCUT2D eigenvalue weighted by Gasteiger charge is 2.19. The zero-order chi connectivity index (χ0) is 15.1. The van der Waals surface area contributed by atoms with Crippen LogP contribution in [0.5, 0.6) is 0 Å². The van der Waals surface area contributed by atoms with Gasteiger partial charge in [-0.05, 0) is 31.2 Å². The molecule has 3 aromatic rings. The number of alkyl halides is 1. The summed E-state index contributed by atoms with van der Waals surface area (Å²) in [7, 11) is 0. The summed E-state index contributed by atoms with van der Waals surface area (Å²) in [5, 5.41) is 0.428. The summed E-state index contributed by atoms with van der Waals surface area (Å²) in [4.78, 5) is 4.46. The van der Waals surface area contributed by atoms with E-state index in [4.69, 9.17) is 34.8 Å². The van der Waals surface area contributed by atoms with E-state index in [0.717, 1.165) is 0 Å². The van der Waals surface area contributed by atoms with Gasteiger partial charge in [-0.15, -0.1) is 11.6 Å². The van der Waals surface area contributed by atoms with Crippen molar-refractivity contribution in [2.24, 2.45) is 0 Å². The third-order valence-electron chi connectivity index (χ3n) is 3.17. The van der Waals surface area contributed by atoms with Gasteiger partial charge in [-0.25, -0.2) is 9.37 Å². The number of hydrogen-bond donors (Lipinski definition) is 0. The largest absolute Gasteiger partial charge is 0.293 e. The van der Waals surface area contributed by atoms with Crippen LogP contribution in [0.15, 0.2) is 36.4 Å². The number of rotatable bonds is 2. The molecule has 0 aliphatic heterocycles. The van der Waals surface area contributed by atoms with E-state index in [1.807, 2.05) is 0 Å². The highest BCUT2D eigenvalue weighted by atomic mass is 35.5. The monoisotopic (exact) mass is 342 g/mol. The Balaban J connectivity index is 2.41. The second kappa shape index (κ2) is 5.48. The molecule has 0 aliphatic carbocycles. The zero-order valence-corrected chi connectivity index (χ0v) is 13.2. The number of aromatic nitrogens is 2. The van der Waals surface area contributed by atoms with Crippen LogP contribution >= 0.6 is 34.8 Å². The summed E-state index contributed by atoms with van der Waals surface area (Å²) in [6.07, 6.45) is 0. The molecule has 0 saturated carbocycles.